The molecule has 0 unspecified atom stereocenters. The van der Waals surface area contributed by atoms with Crippen molar-refractivity contribution in [2.75, 3.05) is 0 Å². The Balaban J connectivity index is 3.11. The number of benzene rings is 1. The highest BCUT2D eigenvalue weighted by atomic mass is 35.7. The molecule has 4 heteroatoms. The molecule has 0 amide bonds. The van der Waals surface area contributed by atoms with E-state index in [0.717, 1.165) is 5.56 Å². The van der Waals surface area contributed by atoms with Gasteiger partial charge in [0.25, 0.3) is 0 Å². The number of aryl methyl sites for hydroxylation is 1. The lowest BCUT2D eigenvalue weighted by atomic mass is 10.1. The Kier molecular flexibility index (Phi) is 2.97. The van der Waals surface area contributed by atoms with E-state index in [1.54, 1.807) is 12.1 Å². The molecule has 68 valence electrons. The summed E-state index contributed by atoms with van der Waals surface area (Å²) in [6.07, 6.45) is 0. The van der Waals surface area contributed by atoms with Gasteiger partial charge in [-0.25, -0.2) is 0 Å². The summed E-state index contributed by atoms with van der Waals surface area (Å²) in [5.74, 6) is 2.48. The molecule has 0 saturated heterocycles. The number of rotatable bonds is 0. The average Bonchev–Trinajstić information content (AvgIpc) is 2.01. The van der Waals surface area contributed by atoms with Crippen LogP contribution >= 0.6 is 10.7 Å². The Labute approximate surface area is 82.0 Å². The number of hydrogen-bond donors (Lipinski definition) is 0. The van der Waals surface area contributed by atoms with Crippen LogP contribution in [0.3, 0.4) is 0 Å². The Morgan fingerprint density at radius 2 is 1.92 bits per heavy atom. The molecule has 1 aromatic carbocycles. The van der Waals surface area contributed by atoms with Gasteiger partial charge in [-0.15, -0.1) is 0 Å². The minimum atomic E-state index is -3.73. The zero-order valence-electron chi connectivity index (χ0n) is 6.91. The molecule has 0 saturated carbocycles. The Hall–Kier alpha value is -0.980. The third kappa shape index (κ3) is 3.49. The molecule has 0 bridgehead atoms. The van der Waals surface area contributed by atoms with Crippen molar-refractivity contribution < 1.29 is 8.42 Å². The fourth-order valence-corrected chi connectivity index (χ4v) is 1.18. The van der Waals surface area contributed by atoms with Gasteiger partial charge in [-0.2, -0.15) is 8.42 Å². The lowest BCUT2D eigenvalue weighted by Crippen LogP contribution is -1.83. The summed E-state index contributed by atoms with van der Waals surface area (Å²) >= 11 is 0. The van der Waals surface area contributed by atoms with Crippen molar-refractivity contribution in [1.29, 1.82) is 0 Å². The monoisotopic (exact) mass is 214 g/mol. The van der Waals surface area contributed by atoms with Gasteiger partial charge in [0.05, 0.1) is 0 Å². The van der Waals surface area contributed by atoms with Crippen LogP contribution in [0.1, 0.15) is 11.1 Å². The molecule has 0 atom stereocenters. The molecule has 0 aliphatic rings. The predicted octanol–water partition coefficient (Wildman–Crippen LogP) is 1.87. The van der Waals surface area contributed by atoms with Crippen LogP contribution in [-0.2, 0) is 9.05 Å². The van der Waals surface area contributed by atoms with Crippen LogP contribution in [0.15, 0.2) is 24.3 Å². The molecule has 2 nitrogen and oxygen atoms in total. The second-order valence-corrected chi connectivity index (χ2v) is 4.78. The standard InChI is InChI=1S/C9H7ClO2S/c1-8-4-2-3-5-9(8)6-7-13(10,11)12/h2-5H,1H3. The van der Waals surface area contributed by atoms with Gasteiger partial charge in [0.2, 0.25) is 0 Å². The van der Waals surface area contributed by atoms with Crippen molar-refractivity contribution >= 4 is 19.7 Å². The minimum absolute atomic E-state index is 0.673. The molecule has 0 radical (unpaired) electrons. The van der Waals surface area contributed by atoms with E-state index >= 15 is 0 Å². The third-order valence-corrected chi connectivity index (χ3v) is 2.03. The first-order valence-electron chi connectivity index (χ1n) is 3.52. The summed E-state index contributed by atoms with van der Waals surface area (Å²) in [5.41, 5.74) is 1.60. The van der Waals surface area contributed by atoms with Crippen molar-refractivity contribution in [2.45, 2.75) is 6.92 Å². The third-order valence-electron chi connectivity index (χ3n) is 1.45. The van der Waals surface area contributed by atoms with E-state index in [1.165, 1.54) is 0 Å². The molecule has 0 aliphatic heterocycles. The summed E-state index contributed by atoms with van der Waals surface area (Å²) in [7, 11) is 1.21. The lowest BCUT2D eigenvalue weighted by molar-refractivity contribution is 0.618. The van der Waals surface area contributed by atoms with Crippen molar-refractivity contribution in [1.82, 2.24) is 0 Å². The van der Waals surface area contributed by atoms with Gasteiger partial charge in [-0.05, 0) is 24.5 Å². The molecular formula is C9H7ClO2S. The molecule has 0 aliphatic carbocycles. The van der Waals surface area contributed by atoms with Crippen molar-refractivity contribution in [3.63, 3.8) is 0 Å². The van der Waals surface area contributed by atoms with E-state index in [1.807, 2.05) is 24.3 Å². The minimum Gasteiger partial charge on any atom is -0.198 e. The van der Waals surface area contributed by atoms with Crippen molar-refractivity contribution in [2.24, 2.45) is 0 Å². The second kappa shape index (κ2) is 3.82. The van der Waals surface area contributed by atoms with Crippen molar-refractivity contribution in [3.8, 4) is 11.2 Å². The summed E-state index contributed by atoms with van der Waals surface area (Å²) in [4.78, 5) is 0. The quantitative estimate of drug-likeness (QED) is 0.488. The normalized spacial score (nSPS) is 10.3. The van der Waals surface area contributed by atoms with Gasteiger partial charge in [0, 0.05) is 21.5 Å². The molecule has 13 heavy (non-hydrogen) atoms. The fraction of sp³-hybridized carbons (Fsp3) is 0.111. The molecule has 0 aromatic heterocycles. The summed E-state index contributed by atoms with van der Waals surface area (Å²) < 4.78 is 21.0. The Bertz CT molecular complexity index is 466. The van der Waals surface area contributed by atoms with Crippen LogP contribution in [0.25, 0.3) is 0 Å². The maximum atomic E-state index is 10.5. The number of halogens is 1. The highest BCUT2D eigenvalue weighted by molar-refractivity contribution is 8.17. The van der Waals surface area contributed by atoms with Crippen LogP contribution < -0.4 is 0 Å². The highest BCUT2D eigenvalue weighted by Gasteiger charge is 1.96. The van der Waals surface area contributed by atoms with Crippen LogP contribution in [0.2, 0.25) is 0 Å². The van der Waals surface area contributed by atoms with Gasteiger partial charge in [0.1, 0.15) is 0 Å². The van der Waals surface area contributed by atoms with Gasteiger partial charge in [-0.3, -0.25) is 0 Å². The fourth-order valence-electron chi connectivity index (χ4n) is 0.829. The Morgan fingerprint density at radius 3 is 2.46 bits per heavy atom. The second-order valence-electron chi connectivity index (χ2n) is 2.48. The van der Waals surface area contributed by atoms with E-state index in [-0.39, 0.29) is 0 Å². The molecule has 0 spiro atoms. The van der Waals surface area contributed by atoms with E-state index in [0.29, 0.717) is 5.56 Å². The zero-order valence-corrected chi connectivity index (χ0v) is 8.48. The van der Waals surface area contributed by atoms with E-state index in [2.05, 4.69) is 5.92 Å². The van der Waals surface area contributed by atoms with E-state index in [4.69, 9.17) is 10.7 Å². The van der Waals surface area contributed by atoms with E-state index < -0.39 is 9.05 Å². The van der Waals surface area contributed by atoms with Crippen molar-refractivity contribution in [3.05, 3.63) is 35.4 Å². The van der Waals surface area contributed by atoms with Gasteiger partial charge >= 0.3 is 9.05 Å². The average molecular weight is 215 g/mol. The topological polar surface area (TPSA) is 34.1 Å². The molecule has 0 fully saturated rings. The van der Waals surface area contributed by atoms with Crippen LogP contribution in [0, 0.1) is 18.1 Å². The maximum Gasteiger partial charge on any atom is 0.301 e. The maximum absolute atomic E-state index is 10.5. The zero-order chi connectivity index (χ0) is 9.90. The summed E-state index contributed by atoms with van der Waals surface area (Å²) in [6.45, 7) is 1.85. The van der Waals surface area contributed by atoms with Crippen LogP contribution in [0.4, 0.5) is 0 Å². The first-order valence-corrected chi connectivity index (χ1v) is 5.83. The van der Waals surface area contributed by atoms with Gasteiger partial charge < -0.3 is 0 Å². The van der Waals surface area contributed by atoms with Gasteiger partial charge in [0.15, 0.2) is 0 Å². The molecule has 1 aromatic rings. The first kappa shape index (κ1) is 10.1. The largest absolute Gasteiger partial charge is 0.301 e. The highest BCUT2D eigenvalue weighted by Crippen LogP contribution is 2.05. The summed E-state index contributed by atoms with van der Waals surface area (Å²) in [6, 6.07) is 7.24. The summed E-state index contributed by atoms with van der Waals surface area (Å²) in [5, 5.41) is 1.97. The predicted molar refractivity (Wildman–Crippen MR) is 52.8 cm³/mol. The molecular weight excluding hydrogens is 208 g/mol. The smallest absolute Gasteiger partial charge is 0.198 e. The lowest BCUT2D eigenvalue weighted by Gasteiger charge is -1.93. The molecule has 1 rings (SSSR count). The number of hydrogen-bond acceptors (Lipinski definition) is 2. The first-order chi connectivity index (χ1) is 5.99. The molecule has 0 N–H and O–H groups in total. The van der Waals surface area contributed by atoms with Gasteiger partial charge in [-0.1, -0.05) is 18.2 Å². The van der Waals surface area contributed by atoms with Crippen LogP contribution in [0.5, 0.6) is 0 Å². The van der Waals surface area contributed by atoms with E-state index in [9.17, 15) is 8.42 Å². The SMILES string of the molecule is Cc1ccccc1C#CS(=O)(=O)Cl. The molecule has 0 heterocycles. The Morgan fingerprint density at radius 1 is 1.31 bits per heavy atom. The van der Waals surface area contributed by atoms with Crippen LogP contribution in [-0.4, -0.2) is 8.42 Å².